The number of nitrogens with zero attached hydrogens (tertiary/aromatic N) is 2. The average Bonchev–Trinajstić information content (AvgIpc) is 2.55. The van der Waals surface area contributed by atoms with Crippen LogP contribution in [0.3, 0.4) is 0 Å². The summed E-state index contributed by atoms with van der Waals surface area (Å²) in [5.41, 5.74) is 0.996. The van der Waals surface area contributed by atoms with Crippen molar-refractivity contribution in [1.29, 1.82) is 0 Å². The molecule has 0 unspecified atom stereocenters. The Hall–Kier alpha value is -2.41. The third-order valence-electron chi connectivity index (χ3n) is 3.17. The number of benzene rings is 2. The third kappa shape index (κ3) is 5.07. The van der Waals surface area contributed by atoms with Gasteiger partial charge in [0.05, 0.1) is 4.92 Å². The lowest BCUT2D eigenvalue weighted by molar-refractivity contribution is -0.384. The van der Waals surface area contributed by atoms with Gasteiger partial charge in [-0.05, 0) is 29.8 Å². The monoisotopic (exact) mass is 378 g/mol. The van der Waals surface area contributed by atoms with Gasteiger partial charge in [0.1, 0.15) is 5.75 Å². The maximum absolute atomic E-state index is 12.0. The van der Waals surface area contributed by atoms with E-state index in [-0.39, 0.29) is 18.2 Å². The zero-order valence-electron chi connectivity index (χ0n) is 12.4. The van der Waals surface area contributed by atoms with Gasteiger partial charge in [0.25, 0.3) is 11.6 Å². The second-order valence-corrected chi connectivity index (χ2v) is 5.83. The molecule has 2 aromatic carbocycles. The Morgan fingerprint density at radius 3 is 2.35 bits per heavy atom. The van der Waals surface area contributed by atoms with E-state index in [2.05, 4.69) is 15.9 Å². The molecular weight excluding hydrogens is 364 g/mol. The van der Waals surface area contributed by atoms with Crippen molar-refractivity contribution in [3.63, 3.8) is 0 Å². The molecule has 7 heteroatoms. The molecule has 0 aliphatic carbocycles. The molecule has 0 bridgehead atoms. The van der Waals surface area contributed by atoms with E-state index in [1.807, 2.05) is 24.3 Å². The zero-order chi connectivity index (χ0) is 16.8. The van der Waals surface area contributed by atoms with Crippen LogP contribution in [0.2, 0.25) is 0 Å². The summed E-state index contributed by atoms with van der Waals surface area (Å²) in [5.74, 6) is 0.243. The van der Waals surface area contributed by atoms with Crippen LogP contribution in [0.25, 0.3) is 0 Å². The molecule has 0 saturated carbocycles. The minimum atomic E-state index is -0.485. The molecule has 0 radical (unpaired) electrons. The molecule has 2 aromatic rings. The van der Waals surface area contributed by atoms with Crippen LogP contribution in [0.4, 0.5) is 5.69 Å². The summed E-state index contributed by atoms with van der Waals surface area (Å²) in [6.45, 7) is 0.362. The third-order valence-corrected chi connectivity index (χ3v) is 3.70. The number of likely N-dealkylation sites (N-methyl/N-ethyl adjacent to an activating group) is 1. The van der Waals surface area contributed by atoms with E-state index >= 15 is 0 Å². The summed E-state index contributed by atoms with van der Waals surface area (Å²) < 4.78 is 6.34. The minimum Gasteiger partial charge on any atom is -0.484 e. The first-order chi connectivity index (χ1) is 11.0. The van der Waals surface area contributed by atoms with Crippen LogP contribution in [0.1, 0.15) is 5.56 Å². The number of carbonyl (C=O) groups is 1. The first-order valence-electron chi connectivity index (χ1n) is 6.81. The zero-order valence-corrected chi connectivity index (χ0v) is 14.0. The molecule has 6 nitrogen and oxygen atoms in total. The van der Waals surface area contributed by atoms with Crippen molar-refractivity contribution in [2.24, 2.45) is 0 Å². The van der Waals surface area contributed by atoms with E-state index in [1.165, 1.54) is 24.3 Å². The fourth-order valence-corrected chi connectivity index (χ4v) is 2.14. The van der Waals surface area contributed by atoms with Gasteiger partial charge in [-0.15, -0.1) is 0 Å². The van der Waals surface area contributed by atoms with Crippen LogP contribution in [0, 0.1) is 10.1 Å². The number of amides is 1. The summed E-state index contributed by atoms with van der Waals surface area (Å²) in [6.07, 6.45) is 0. The Balaban J connectivity index is 1.86. The van der Waals surface area contributed by atoms with Crippen molar-refractivity contribution in [3.05, 3.63) is 68.7 Å². The predicted molar refractivity (Wildman–Crippen MR) is 89.2 cm³/mol. The summed E-state index contributed by atoms with van der Waals surface area (Å²) >= 11 is 3.36. The topological polar surface area (TPSA) is 72.7 Å². The van der Waals surface area contributed by atoms with Crippen LogP contribution in [0.15, 0.2) is 53.0 Å². The fraction of sp³-hybridized carbons (Fsp3) is 0.188. The van der Waals surface area contributed by atoms with Crippen LogP contribution in [-0.4, -0.2) is 29.4 Å². The molecule has 0 N–H and O–H groups in total. The normalized spacial score (nSPS) is 10.2. The van der Waals surface area contributed by atoms with Gasteiger partial charge in [-0.3, -0.25) is 14.9 Å². The number of nitro groups is 1. The van der Waals surface area contributed by atoms with Gasteiger partial charge in [-0.1, -0.05) is 28.1 Å². The van der Waals surface area contributed by atoms with Crippen LogP contribution >= 0.6 is 15.9 Å². The highest BCUT2D eigenvalue weighted by molar-refractivity contribution is 9.10. The van der Waals surface area contributed by atoms with E-state index in [0.29, 0.717) is 12.3 Å². The number of hydrogen-bond donors (Lipinski definition) is 0. The smallest absolute Gasteiger partial charge is 0.269 e. The van der Waals surface area contributed by atoms with Crippen molar-refractivity contribution in [1.82, 2.24) is 4.90 Å². The van der Waals surface area contributed by atoms with E-state index < -0.39 is 4.92 Å². The molecule has 0 fully saturated rings. The predicted octanol–water partition coefficient (Wildman–Crippen LogP) is 3.39. The van der Waals surface area contributed by atoms with Crippen molar-refractivity contribution in [2.45, 2.75) is 6.54 Å². The van der Waals surface area contributed by atoms with Gasteiger partial charge >= 0.3 is 0 Å². The van der Waals surface area contributed by atoms with Crippen molar-refractivity contribution < 1.29 is 14.5 Å². The molecule has 0 aliphatic heterocycles. The van der Waals surface area contributed by atoms with Crippen LogP contribution in [0.5, 0.6) is 5.75 Å². The SMILES string of the molecule is CN(Cc1ccc(Br)cc1)C(=O)COc1ccc([N+](=O)[O-])cc1. The number of non-ortho nitro benzene ring substituents is 1. The van der Waals surface area contributed by atoms with Crippen LogP contribution in [-0.2, 0) is 11.3 Å². The second-order valence-electron chi connectivity index (χ2n) is 4.92. The molecular formula is C16H15BrN2O4. The highest BCUT2D eigenvalue weighted by Crippen LogP contribution is 2.17. The van der Waals surface area contributed by atoms with E-state index in [4.69, 9.17) is 4.74 Å². The number of carbonyl (C=O) groups excluding carboxylic acids is 1. The summed E-state index contributed by atoms with van der Waals surface area (Å²) in [6, 6.07) is 13.3. The number of halogens is 1. The van der Waals surface area contributed by atoms with E-state index in [1.54, 1.807) is 11.9 Å². The molecule has 120 valence electrons. The van der Waals surface area contributed by atoms with Gasteiger partial charge in [-0.25, -0.2) is 0 Å². The summed E-state index contributed by atoms with van der Waals surface area (Å²) in [7, 11) is 1.70. The highest BCUT2D eigenvalue weighted by Gasteiger charge is 2.11. The Morgan fingerprint density at radius 1 is 1.17 bits per heavy atom. The van der Waals surface area contributed by atoms with Crippen molar-refractivity contribution in [3.8, 4) is 5.75 Å². The lowest BCUT2D eigenvalue weighted by atomic mass is 10.2. The molecule has 0 atom stereocenters. The number of ether oxygens (including phenoxy) is 1. The largest absolute Gasteiger partial charge is 0.484 e. The van der Waals surface area contributed by atoms with Gasteiger partial charge in [0.2, 0.25) is 0 Å². The molecule has 1 amide bonds. The first kappa shape index (κ1) is 17.0. The van der Waals surface area contributed by atoms with Gasteiger partial charge < -0.3 is 9.64 Å². The van der Waals surface area contributed by atoms with Gasteiger partial charge in [0, 0.05) is 30.2 Å². The second kappa shape index (κ2) is 7.73. The molecule has 0 saturated heterocycles. The molecule has 0 heterocycles. The molecule has 0 aromatic heterocycles. The van der Waals surface area contributed by atoms with E-state index in [0.717, 1.165) is 10.0 Å². The standard InChI is InChI=1S/C16H15BrN2O4/c1-18(10-12-2-4-13(17)5-3-12)16(20)11-23-15-8-6-14(7-9-15)19(21)22/h2-9H,10-11H2,1H3. The number of nitro benzene ring substituents is 1. The lowest BCUT2D eigenvalue weighted by Crippen LogP contribution is -2.30. The summed E-state index contributed by atoms with van der Waals surface area (Å²) in [5, 5.41) is 10.6. The molecule has 2 rings (SSSR count). The van der Waals surface area contributed by atoms with Gasteiger partial charge in [0.15, 0.2) is 6.61 Å². The maximum Gasteiger partial charge on any atom is 0.269 e. The molecule has 0 aliphatic rings. The Kier molecular flexibility index (Phi) is 5.70. The van der Waals surface area contributed by atoms with Crippen LogP contribution < -0.4 is 4.74 Å². The van der Waals surface area contributed by atoms with Gasteiger partial charge in [-0.2, -0.15) is 0 Å². The lowest BCUT2D eigenvalue weighted by Gasteiger charge is -2.17. The van der Waals surface area contributed by atoms with Crippen molar-refractivity contribution >= 4 is 27.5 Å². The fourth-order valence-electron chi connectivity index (χ4n) is 1.87. The van der Waals surface area contributed by atoms with E-state index in [9.17, 15) is 14.9 Å². The quantitative estimate of drug-likeness (QED) is 0.570. The Bertz CT molecular complexity index is 686. The van der Waals surface area contributed by atoms with Crippen molar-refractivity contribution in [2.75, 3.05) is 13.7 Å². The molecule has 0 spiro atoms. The highest BCUT2D eigenvalue weighted by atomic mass is 79.9. The Morgan fingerprint density at radius 2 is 1.78 bits per heavy atom. The number of hydrogen-bond acceptors (Lipinski definition) is 4. The average molecular weight is 379 g/mol. The Labute approximate surface area is 142 Å². The summed E-state index contributed by atoms with van der Waals surface area (Å²) in [4.78, 5) is 23.7. The number of rotatable bonds is 6. The molecule has 23 heavy (non-hydrogen) atoms. The minimum absolute atomic E-state index is 0.0176. The first-order valence-corrected chi connectivity index (χ1v) is 7.60. The maximum atomic E-state index is 12.0.